The summed E-state index contributed by atoms with van der Waals surface area (Å²) in [6.45, 7) is 0. The van der Waals surface area contributed by atoms with Crippen molar-refractivity contribution in [2.24, 2.45) is 0 Å². The SMILES string of the molecule is O=S1SC12CCCC2. The highest BCUT2D eigenvalue weighted by atomic mass is 33.2. The van der Waals surface area contributed by atoms with Gasteiger partial charge in [-0.2, -0.15) is 0 Å². The van der Waals surface area contributed by atoms with Crippen LogP contribution in [0.4, 0.5) is 0 Å². The van der Waals surface area contributed by atoms with E-state index in [1.54, 1.807) is 10.8 Å². The Morgan fingerprint density at radius 3 is 2.12 bits per heavy atom. The molecule has 0 aromatic rings. The highest BCUT2D eigenvalue weighted by Gasteiger charge is 2.55. The van der Waals surface area contributed by atoms with Gasteiger partial charge in [0.2, 0.25) is 0 Å². The number of hydrogen-bond donors (Lipinski definition) is 0. The molecular formula is C5H8OS2. The molecule has 2 aliphatic rings. The Morgan fingerprint density at radius 1 is 1.38 bits per heavy atom. The fourth-order valence-corrected chi connectivity index (χ4v) is 4.58. The van der Waals surface area contributed by atoms with Crippen LogP contribution < -0.4 is 0 Å². The molecule has 1 aliphatic carbocycles. The smallest absolute Gasteiger partial charge is 0.114 e. The molecular weight excluding hydrogens is 140 g/mol. The van der Waals surface area contributed by atoms with E-state index in [4.69, 9.17) is 0 Å². The van der Waals surface area contributed by atoms with Crippen molar-refractivity contribution >= 4 is 20.6 Å². The van der Waals surface area contributed by atoms with Gasteiger partial charge in [-0.1, -0.05) is 12.8 Å². The predicted octanol–water partition coefficient (Wildman–Crippen LogP) is 1.67. The van der Waals surface area contributed by atoms with E-state index in [0.717, 1.165) is 0 Å². The van der Waals surface area contributed by atoms with Crippen molar-refractivity contribution in [3.63, 3.8) is 0 Å². The summed E-state index contributed by atoms with van der Waals surface area (Å²) >= 11 is 0. The lowest BCUT2D eigenvalue weighted by Crippen LogP contribution is -1.98. The van der Waals surface area contributed by atoms with Crippen molar-refractivity contribution in [2.75, 3.05) is 0 Å². The third kappa shape index (κ3) is 0.575. The highest BCUT2D eigenvalue weighted by molar-refractivity contribution is 8.86. The first-order valence-electron chi connectivity index (χ1n) is 2.95. The summed E-state index contributed by atoms with van der Waals surface area (Å²) in [4.78, 5) is 0. The van der Waals surface area contributed by atoms with Crippen LogP contribution in [0.5, 0.6) is 0 Å². The van der Waals surface area contributed by atoms with Gasteiger partial charge in [0.15, 0.2) is 0 Å². The first-order chi connectivity index (χ1) is 3.83. The lowest BCUT2D eigenvalue weighted by molar-refractivity contribution is 0.681. The molecule has 1 spiro atoms. The summed E-state index contributed by atoms with van der Waals surface area (Å²) in [6, 6.07) is 0. The predicted molar refractivity (Wildman–Crippen MR) is 36.9 cm³/mol. The van der Waals surface area contributed by atoms with Crippen LogP contribution in [0.3, 0.4) is 0 Å². The van der Waals surface area contributed by atoms with E-state index in [0.29, 0.717) is 4.08 Å². The molecule has 2 fully saturated rings. The molecule has 2 rings (SSSR count). The molecule has 1 atom stereocenters. The van der Waals surface area contributed by atoms with Crippen molar-refractivity contribution in [3.05, 3.63) is 0 Å². The molecule has 0 bridgehead atoms. The van der Waals surface area contributed by atoms with E-state index < -0.39 is 9.83 Å². The van der Waals surface area contributed by atoms with E-state index in [-0.39, 0.29) is 0 Å². The minimum Gasteiger partial charge on any atom is -0.246 e. The van der Waals surface area contributed by atoms with Crippen molar-refractivity contribution in [2.45, 2.75) is 29.8 Å². The molecule has 1 aliphatic heterocycles. The quantitative estimate of drug-likeness (QED) is 0.384. The maximum absolute atomic E-state index is 10.8. The van der Waals surface area contributed by atoms with Crippen LogP contribution in [0.1, 0.15) is 25.7 Å². The molecule has 1 unspecified atom stereocenters. The van der Waals surface area contributed by atoms with Gasteiger partial charge in [-0.25, -0.2) is 4.21 Å². The van der Waals surface area contributed by atoms with Gasteiger partial charge in [-0.05, 0) is 23.6 Å². The van der Waals surface area contributed by atoms with E-state index in [1.165, 1.54) is 25.7 Å². The van der Waals surface area contributed by atoms with E-state index in [2.05, 4.69) is 0 Å². The molecule has 1 nitrogen and oxygen atoms in total. The topological polar surface area (TPSA) is 17.1 Å². The summed E-state index contributed by atoms with van der Waals surface area (Å²) in [5, 5.41) is 0. The fourth-order valence-electron chi connectivity index (χ4n) is 1.28. The maximum atomic E-state index is 10.8. The van der Waals surface area contributed by atoms with E-state index in [1.807, 2.05) is 0 Å². The van der Waals surface area contributed by atoms with Crippen LogP contribution in [0.15, 0.2) is 0 Å². The zero-order valence-corrected chi connectivity index (χ0v) is 6.19. The number of hydrogen-bond acceptors (Lipinski definition) is 2. The first kappa shape index (κ1) is 5.30. The zero-order valence-electron chi connectivity index (χ0n) is 4.55. The van der Waals surface area contributed by atoms with Crippen LogP contribution >= 0.6 is 10.8 Å². The summed E-state index contributed by atoms with van der Waals surface area (Å²) in [7, 11) is 1.20. The Kier molecular flexibility index (Phi) is 0.998. The molecule has 0 N–H and O–H groups in total. The molecule has 0 aromatic heterocycles. The fraction of sp³-hybridized carbons (Fsp3) is 1.00. The summed E-state index contributed by atoms with van der Waals surface area (Å²) < 4.78 is 11.1. The zero-order chi connectivity index (χ0) is 5.61. The minimum absolute atomic E-state index is 0.292. The van der Waals surface area contributed by atoms with Crippen LogP contribution in [-0.2, 0) is 9.83 Å². The molecule has 1 heterocycles. The monoisotopic (exact) mass is 148 g/mol. The third-order valence-corrected chi connectivity index (χ3v) is 6.02. The van der Waals surface area contributed by atoms with Crippen LogP contribution in [-0.4, -0.2) is 8.29 Å². The van der Waals surface area contributed by atoms with Crippen LogP contribution in [0.25, 0.3) is 0 Å². The van der Waals surface area contributed by atoms with E-state index >= 15 is 0 Å². The molecule has 1 saturated carbocycles. The molecule has 0 aromatic carbocycles. The van der Waals surface area contributed by atoms with Gasteiger partial charge in [0.1, 0.15) is 4.08 Å². The van der Waals surface area contributed by atoms with Crippen LogP contribution in [0.2, 0.25) is 0 Å². The molecule has 1 saturated heterocycles. The Morgan fingerprint density at radius 2 is 1.88 bits per heavy atom. The van der Waals surface area contributed by atoms with Gasteiger partial charge < -0.3 is 0 Å². The first-order valence-corrected chi connectivity index (χ1v) is 5.43. The Labute approximate surface area is 55.1 Å². The van der Waals surface area contributed by atoms with Gasteiger partial charge in [0.05, 0.1) is 9.83 Å². The Bertz CT molecular complexity index is 137. The minimum atomic E-state index is -0.478. The molecule has 0 amide bonds. The molecule has 0 radical (unpaired) electrons. The molecule has 46 valence electrons. The second-order valence-corrected chi connectivity index (χ2v) is 6.30. The average Bonchev–Trinajstić information content (AvgIpc) is 2.29. The largest absolute Gasteiger partial charge is 0.246 e. The van der Waals surface area contributed by atoms with Crippen molar-refractivity contribution in [3.8, 4) is 0 Å². The molecule has 3 heteroatoms. The third-order valence-electron chi connectivity index (χ3n) is 1.87. The second kappa shape index (κ2) is 1.51. The average molecular weight is 148 g/mol. The standard InChI is InChI=1S/C5H8OS2/c6-8-5(7-8)3-1-2-4-5/h1-4H2. The van der Waals surface area contributed by atoms with Crippen molar-refractivity contribution in [1.82, 2.24) is 0 Å². The molecule has 8 heavy (non-hydrogen) atoms. The maximum Gasteiger partial charge on any atom is 0.114 e. The Balaban J connectivity index is 2.16. The van der Waals surface area contributed by atoms with Crippen LogP contribution in [0, 0.1) is 0 Å². The summed E-state index contributed by atoms with van der Waals surface area (Å²) in [5.74, 6) is 0. The highest BCUT2D eigenvalue weighted by Crippen LogP contribution is 2.61. The number of rotatable bonds is 0. The van der Waals surface area contributed by atoms with Gasteiger partial charge >= 0.3 is 0 Å². The van der Waals surface area contributed by atoms with Gasteiger partial charge in [-0.3, -0.25) is 0 Å². The lowest BCUT2D eigenvalue weighted by atomic mass is 10.4. The normalized spacial score (nSPS) is 40.8. The summed E-state index contributed by atoms with van der Waals surface area (Å²) in [6.07, 6.45) is 5.03. The second-order valence-electron chi connectivity index (χ2n) is 2.44. The van der Waals surface area contributed by atoms with Crippen molar-refractivity contribution < 1.29 is 4.21 Å². The lowest BCUT2D eigenvalue weighted by Gasteiger charge is -1.91. The van der Waals surface area contributed by atoms with Gasteiger partial charge in [0, 0.05) is 0 Å². The Hall–Kier alpha value is 0.500. The van der Waals surface area contributed by atoms with E-state index in [9.17, 15) is 4.21 Å². The van der Waals surface area contributed by atoms with Crippen molar-refractivity contribution in [1.29, 1.82) is 0 Å². The van der Waals surface area contributed by atoms with Gasteiger partial charge in [0.25, 0.3) is 0 Å². The van der Waals surface area contributed by atoms with Gasteiger partial charge in [-0.15, -0.1) is 0 Å². The summed E-state index contributed by atoms with van der Waals surface area (Å²) in [5.41, 5.74) is 0.